The molecule has 0 unspecified atom stereocenters. The largest absolute Gasteiger partial charge is 0.485 e. The maximum absolute atomic E-state index is 12.6. The summed E-state index contributed by atoms with van der Waals surface area (Å²) in [6.45, 7) is 6.98. The van der Waals surface area contributed by atoms with E-state index in [2.05, 4.69) is 4.98 Å². The Bertz CT molecular complexity index is 817. The van der Waals surface area contributed by atoms with Gasteiger partial charge in [0, 0.05) is 23.4 Å². The molecule has 1 aromatic heterocycles. The minimum Gasteiger partial charge on any atom is -0.485 e. The van der Waals surface area contributed by atoms with Crippen LogP contribution in [0.15, 0.2) is 24.3 Å². The van der Waals surface area contributed by atoms with Gasteiger partial charge >= 0.3 is 5.97 Å². The summed E-state index contributed by atoms with van der Waals surface area (Å²) >= 11 is 0. The highest BCUT2D eigenvalue weighted by Crippen LogP contribution is 2.21. The topological polar surface area (TPSA) is 85.5 Å². The zero-order valence-corrected chi connectivity index (χ0v) is 15.5. The Morgan fingerprint density at radius 1 is 0.923 bits per heavy atom. The van der Waals surface area contributed by atoms with Crippen LogP contribution in [0.4, 0.5) is 0 Å². The number of ether oxygens (including phenoxy) is 2. The second-order valence-electron chi connectivity index (χ2n) is 5.86. The zero-order chi connectivity index (χ0) is 19.3. The molecule has 0 saturated carbocycles. The SMILES string of the molecule is CCOC(=O)c1c(C)[nH]c(C)c1C(=O)COc1ccc(C(=O)CC)cc1. The number of aromatic amines is 1. The van der Waals surface area contributed by atoms with Gasteiger partial charge in [0.25, 0.3) is 0 Å². The highest BCUT2D eigenvalue weighted by atomic mass is 16.5. The number of esters is 1. The third-order valence-electron chi connectivity index (χ3n) is 4.00. The van der Waals surface area contributed by atoms with E-state index in [0.29, 0.717) is 34.7 Å². The van der Waals surface area contributed by atoms with E-state index < -0.39 is 5.97 Å². The average molecular weight is 357 g/mol. The highest BCUT2D eigenvalue weighted by Gasteiger charge is 2.25. The summed E-state index contributed by atoms with van der Waals surface area (Å²) in [4.78, 5) is 39.4. The van der Waals surface area contributed by atoms with Gasteiger partial charge in [-0.3, -0.25) is 9.59 Å². The summed E-state index contributed by atoms with van der Waals surface area (Å²) in [6, 6.07) is 6.64. The minimum atomic E-state index is -0.528. The first-order chi connectivity index (χ1) is 12.4. The molecule has 1 aromatic carbocycles. The van der Waals surface area contributed by atoms with Gasteiger partial charge in [-0.1, -0.05) is 6.92 Å². The van der Waals surface area contributed by atoms with Crippen molar-refractivity contribution in [1.29, 1.82) is 0 Å². The normalized spacial score (nSPS) is 10.5. The molecule has 0 atom stereocenters. The number of aryl methyl sites for hydroxylation is 2. The van der Waals surface area contributed by atoms with Crippen LogP contribution in [-0.4, -0.2) is 35.7 Å². The molecule has 0 saturated heterocycles. The molecule has 0 bridgehead atoms. The summed E-state index contributed by atoms with van der Waals surface area (Å²) in [5.41, 5.74) is 2.34. The lowest BCUT2D eigenvalue weighted by atomic mass is 10.1. The number of benzene rings is 1. The summed E-state index contributed by atoms with van der Waals surface area (Å²) < 4.78 is 10.6. The van der Waals surface area contributed by atoms with Gasteiger partial charge < -0.3 is 14.5 Å². The first kappa shape index (κ1) is 19.4. The van der Waals surface area contributed by atoms with Crippen molar-refractivity contribution in [2.45, 2.75) is 34.1 Å². The van der Waals surface area contributed by atoms with Crippen molar-refractivity contribution in [3.63, 3.8) is 0 Å². The highest BCUT2D eigenvalue weighted by molar-refractivity contribution is 6.08. The first-order valence-electron chi connectivity index (χ1n) is 8.54. The third-order valence-corrected chi connectivity index (χ3v) is 4.00. The average Bonchev–Trinajstić information content (AvgIpc) is 2.93. The molecule has 6 nitrogen and oxygen atoms in total. The molecule has 1 N–H and O–H groups in total. The number of hydrogen-bond acceptors (Lipinski definition) is 5. The van der Waals surface area contributed by atoms with E-state index in [0.717, 1.165) is 0 Å². The Morgan fingerprint density at radius 2 is 1.54 bits per heavy atom. The van der Waals surface area contributed by atoms with E-state index in [9.17, 15) is 14.4 Å². The number of nitrogens with one attached hydrogen (secondary N) is 1. The van der Waals surface area contributed by atoms with Crippen LogP contribution in [0.1, 0.15) is 62.7 Å². The first-order valence-corrected chi connectivity index (χ1v) is 8.54. The maximum atomic E-state index is 12.6. The molecular formula is C20H23NO5. The number of Topliss-reactive ketones (excluding diaryl/α,β-unsaturated/α-hetero) is 2. The lowest BCUT2D eigenvalue weighted by molar-refractivity contribution is 0.0522. The number of carbonyl (C=O) groups is 3. The van der Waals surface area contributed by atoms with Crippen LogP contribution in [0.2, 0.25) is 0 Å². The molecule has 26 heavy (non-hydrogen) atoms. The molecule has 0 aliphatic heterocycles. The molecule has 2 rings (SSSR count). The van der Waals surface area contributed by atoms with Gasteiger partial charge in [-0.25, -0.2) is 4.79 Å². The van der Waals surface area contributed by atoms with Gasteiger partial charge in [0.05, 0.1) is 17.7 Å². The Balaban J connectivity index is 2.13. The van der Waals surface area contributed by atoms with Gasteiger partial charge in [-0.15, -0.1) is 0 Å². The predicted molar refractivity (Wildman–Crippen MR) is 97.1 cm³/mol. The molecule has 0 amide bonds. The number of ketones is 2. The second-order valence-corrected chi connectivity index (χ2v) is 5.86. The van der Waals surface area contributed by atoms with Crippen LogP contribution in [-0.2, 0) is 4.74 Å². The fourth-order valence-electron chi connectivity index (χ4n) is 2.75. The van der Waals surface area contributed by atoms with Crippen LogP contribution < -0.4 is 4.74 Å². The molecular weight excluding hydrogens is 334 g/mol. The number of aromatic nitrogens is 1. The smallest absolute Gasteiger partial charge is 0.340 e. The zero-order valence-electron chi connectivity index (χ0n) is 15.5. The van der Waals surface area contributed by atoms with Crippen molar-refractivity contribution in [2.75, 3.05) is 13.2 Å². The van der Waals surface area contributed by atoms with Crippen LogP contribution in [0.3, 0.4) is 0 Å². The minimum absolute atomic E-state index is 0.0464. The Kier molecular flexibility index (Phi) is 6.33. The quantitative estimate of drug-likeness (QED) is 0.575. The Labute approximate surface area is 152 Å². The molecule has 0 fully saturated rings. The molecule has 6 heteroatoms. The van der Waals surface area contributed by atoms with E-state index in [1.54, 1.807) is 52.0 Å². The van der Waals surface area contributed by atoms with Crippen molar-refractivity contribution in [1.82, 2.24) is 4.98 Å². The lowest BCUT2D eigenvalue weighted by Gasteiger charge is -2.08. The number of hydrogen-bond donors (Lipinski definition) is 1. The van der Waals surface area contributed by atoms with Crippen LogP contribution in [0.5, 0.6) is 5.75 Å². The Morgan fingerprint density at radius 3 is 2.12 bits per heavy atom. The van der Waals surface area contributed by atoms with E-state index >= 15 is 0 Å². The monoisotopic (exact) mass is 357 g/mol. The lowest BCUT2D eigenvalue weighted by Crippen LogP contribution is -2.17. The van der Waals surface area contributed by atoms with E-state index in [4.69, 9.17) is 9.47 Å². The van der Waals surface area contributed by atoms with Gasteiger partial charge in [0.2, 0.25) is 5.78 Å². The third kappa shape index (κ3) is 4.20. The van der Waals surface area contributed by atoms with Crippen molar-refractivity contribution in [3.8, 4) is 5.75 Å². The molecule has 0 radical (unpaired) electrons. The van der Waals surface area contributed by atoms with E-state index in [1.165, 1.54) is 0 Å². The van der Waals surface area contributed by atoms with Crippen molar-refractivity contribution in [3.05, 3.63) is 52.3 Å². The van der Waals surface area contributed by atoms with Crippen molar-refractivity contribution in [2.24, 2.45) is 0 Å². The summed E-state index contributed by atoms with van der Waals surface area (Å²) in [6.07, 6.45) is 0.432. The number of carbonyl (C=O) groups excluding carboxylic acids is 3. The van der Waals surface area contributed by atoms with Crippen molar-refractivity contribution >= 4 is 17.5 Å². The van der Waals surface area contributed by atoms with E-state index in [1.807, 2.05) is 0 Å². The van der Waals surface area contributed by atoms with Gasteiger partial charge in [-0.05, 0) is 45.0 Å². The summed E-state index contributed by atoms with van der Waals surface area (Å²) in [5, 5.41) is 0. The van der Waals surface area contributed by atoms with Gasteiger partial charge in [0.1, 0.15) is 5.75 Å². The molecule has 0 aliphatic rings. The molecule has 138 valence electrons. The van der Waals surface area contributed by atoms with Gasteiger partial charge in [-0.2, -0.15) is 0 Å². The fourth-order valence-corrected chi connectivity index (χ4v) is 2.75. The van der Waals surface area contributed by atoms with Gasteiger partial charge in [0.15, 0.2) is 12.4 Å². The summed E-state index contributed by atoms with van der Waals surface area (Å²) in [5.74, 6) is -0.317. The second kappa shape index (κ2) is 8.47. The van der Waals surface area contributed by atoms with Crippen LogP contribution >= 0.6 is 0 Å². The molecule has 0 aliphatic carbocycles. The van der Waals surface area contributed by atoms with Crippen molar-refractivity contribution < 1.29 is 23.9 Å². The maximum Gasteiger partial charge on any atom is 0.340 e. The molecule has 1 heterocycles. The number of H-pyrrole nitrogens is 1. The van der Waals surface area contributed by atoms with E-state index in [-0.39, 0.29) is 30.3 Å². The predicted octanol–water partition coefficient (Wildman–Crippen LogP) is 3.66. The number of rotatable bonds is 8. The van der Waals surface area contributed by atoms with Crippen LogP contribution in [0.25, 0.3) is 0 Å². The standard InChI is InChI=1S/C20H23NO5/c1-5-16(22)14-7-9-15(10-8-14)26-11-17(23)18-12(3)21-13(4)19(18)20(24)25-6-2/h7-10,21H,5-6,11H2,1-4H3. The molecule has 0 spiro atoms. The Hall–Kier alpha value is -2.89. The summed E-state index contributed by atoms with van der Waals surface area (Å²) in [7, 11) is 0. The molecule has 2 aromatic rings. The fraction of sp³-hybridized carbons (Fsp3) is 0.350. The van der Waals surface area contributed by atoms with Crippen LogP contribution in [0, 0.1) is 13.8 Å².